The molecular formula is C14H26N4. The van der Waals surface area contributed by atoms with Gasteiger partial charge in [-0.2, -0.15) is 0 Å². The predicted octanol–water partition coefficient (Wildman–Crippen LogP) is 0.904. The molecule has 4 heteroatoms. The van der Waals surface area contributed by atoms with Crippen LogP contribution in [0.1, 0.15) is 11.6 Å². The zero-order chi connectivity index (χ0) is 13.5. The van der Waals surface area contributed by atoms with E-state index < -0.39 is 0 Å². The fourth-order valence-electron chi connectivity index (χ4n) is 1.86. The largest absolute Gasteiger partial charge is 0.373 e. The van der Waals surface area contributed by atoms with Gasteiger partial charge in [0.25, 0.3) is 0 Å². The number of likely N-dealkylation sites (N-methyl/N-ethyl adjacent to an activating group) is 3. The molecule has 0 fully saturated rings. The van der Waals surface area contributed by atoms with E-state index in [9.17, 15) is 0 Å². The Kier molecular flexibility index (Phi) is 6.12. The first-order valence-corrected chi connectivity index (χ1v) is 6.41. The molecule has 1 rings (SSSR count). The van der Waals surface area contributed by atoms with Crippen LogP contribution in [0, 0.1) is 0 Å². The molecule has 1 unspecified atom stereocenters. The Morgan fingerprint density at radius 3 is 2.17 bits per heavy atom. The highest BCUT2D eigenvalue weighted by Crippen LogP contribution is 2.17. The fraction of sp³-hybridized carbons (Fsp3) is 0.571. The van der Waals surface area contributed by atoms with Gasteiger partial charge in [0.2, 0.25) is 0 Å². The molecule has 0 amide bonds. The molecule has 3 N–H and O–H groups in total. The van der Waals surface area contributed by atoms with Crippen LogP contribution in [0.3, 0.4) is 0 Å². The van der Waals surface area contributed by atoms with Crippen molar-refractivity contribution in [3.8, 4) is 0 Å². The summed E-state index contributed by atoms with van der Waals surface area (Å²) in [6.07, 6.45) is 0. The highest BCUT2D eigenvalue weighted by Gasteiger charge is 2.07. The lowest BCUT2D eigenvalue weighted by Crippen LogP contribution is -2.28. The highest BCUT2D eigenvalue weighted by atomic mass is 15.1. The second-order valence-corrected chi connectivity index (χ2v) is 4.89. The summed E-state index contributed by atoms with van der Waals surface area (Å²) in [6.45, 7) is 2.70. The molecule has 0 bridgehead atoms. The van der Waals surface area contributed by atoms with Crippen LogP contribution in [-0.4, -0.2) is 52.7 Å². The van der Waals surface area contributed by atoms with Crippen molar-refractivity contribution in [3.05, 3.63) is 29.8 Å². The van der Waals surface area contributed by atoms with Gasteiger partial charge in [0, 0.05) is 38.4 Å². The van der Waals surface area contributed by atoms with Gasteiger partial charge >= 0.3 is 0 Å². The molecule has 0 aromatic heterocycles. The van der Waals surface area contributed by atoms with Crippen LogP contribution in [0.5, 0.6) is 0 Å². The molecule has 0 saturated heterocycles. The molecule has 0 heterocycles. The van der Waals surface area contributed by atoms with Crippen molar-refractivity contribution < 1.29 is 0 Å². The van der Waals surface area contributed by atoms with Crippen LogP contribution in [0.4, 0.5) is 5.69 Å². The lowest BCUT2D eigenvalue weighted by Gasteiger charge is -2.22. The van der Waals surface area contributed by atoms with E-state index in [0.717, 1.165) is 13.1 Å². The Morgan fingerprint density at radius 2 is 1.72 bits per heavy atom. The minimum absolute atomic E-state index is 0.242. The van der Waals surface area contributed by atoms with Gasteiger partial charge in [0.05, 0.1) is 0 Å². The quantitative estimate of drug-likeness (QED) is 0.755. The van der Waals surface area contributed by atoms with E-state index in [4.69, 9.17) is 5.73 Å². The maximum Gasteiger partial charge on any atom is 0.0442 e. The number of nitrogens with zero attached hydrogens (tertiary/aromatic N) is 2. The molecule has 0 radical (unpaired) electrons. The number of rotatable bonds is 7. The van der Waals surface area contributed by atoms with Gasteiger partial charge in [0.1, 0.15) is 0 Å². The normalized spacial score (nSPS) is 12.8. The number of anilines is 1. The monoisotopic (exact) mass is 250 g/mol. The van der Waals surface area contributed by atoms with E-state index in [2.05, 4.69) is 60.5 Å². The Labute approximate surface area is 111 Å². The smallest absolute Gasteiger partial charge is 0.0442 e. The van der Waals surface area contributed by atoms with E-state index in [1.807, 2.05) is 7.05 Å². The van der Waals surface area contributed by atoms with Crippen LogP contribution in [0.2, 0.25) is 0 Å². The topological polar surface area (TPSA) is 44.5 Å². The molecule has 18 heavy (non-hydrogen) atoms. The minimum atomic E-state index is 0.242. The lowest BCUT2D eigenvalue weighted by molar-refractivity contribution is 0.416. The van der Waals surface area contributed by atoms with E-state index in [0.29, 0.717) is 6.54 Å². The van der Waals surface area contributed by atoms with Crippen molar-refractivity contribution in [2.24, 2.45) is 5.73 Å². The summed E-state index contributed by atoms with van der Waals surface area (Å²) >= 11 is 0. The summed E-state index contributed by atoms with van der Waals surface area (Å²) < 4.78 is 0. The number of nitrogens with one attached hydrogen (secondary N) is 1. The van der Waals surface area contributed by atoms with Crippen molar-refractivity contribution in [3.63, 3.8) is 0 Å². The first-order valence-electron chi connectivity index (χ1n) is 6.41. The van der Waals surface area contributed by atoms with Crippen LogP contribution in [-0.2, 0) is 0 Å². The fourth-order valence-corrected chi connectivity index (χ4v) is 1.86. The Morgan fingerprint density at radius 1 is 1.11 bits per heavy atom. The molecule has 0 saturated carbocycles. The maximum atomic E-state index is 5.72. The van der Waals surface area contributed by atoms with Crippen LogP contribution < -0.4 is 16.0 Å². The summed E-state index contributed by atoms with van der Waals surface area (Å²) in [5.41, 5.74) is 8.20. The average Bonchev–Trinajstić information content (AvgIpc) is 2.38. The van der Waals surface area contributed by atoms with Crippen molar-refractivity contribution in [1.82, 2.24) is 10.2 Å². The SMILES string of the molecule is CNC(CN)c1ccc(N(C)CCN(C)C)cc1. The van der Waals surface area contributed by atoms with Crippen molar-refractivity contribution >= 4 is 5.69 Å². The summed E-state index contributed by atoms with van der Waals surface area (Å²) in [6, 6.07) is 8.85. The zero-order valence-electron chi connectivity index (χ0n) is 12.0. The van der Waals surface area contributed by atoms with Crippen LogP contribution in [0.15, 0.2) is 24.3 Å². The van der Waals surface area contributed by atoms with Crippen LogP contribution >= 0.6 is 0 Å². The summed E-state index contributed by atoms with van der Waals surface area (Å²) in [4.78, 5) is 4.46. The molecule has 102 valence electrons. The Hall–Kier alpha value is -1.10. The third kappa shape index (κ3) is 4.29. The third-order valence-electron chi connectivity index (χ3n) is 3.20. The van der Waals surface area contributed by atoms with Gasteiger partial charge in [0.15, 0.2) is 0 Å². The van der Waals surface area contributed by atoms with Gasteiger partial charge < -0.3 is 20.9 Å². The second-order valence-electron chi connectivity index (χ2n) is 4.89. The van der Waals surface area contributed by atoms with Crippen molar-refractivity contribution in [2.75, 3.05) is 52.7 Å². The molecule has 1 aromatic rings. The molecule has 0 aliphatic rings. The molecule has 0 spiro atoms. The standard InChI is InChI=1S/C14H26N4/c1-16-14(11-15)12-5-7-13(8-6-12)18(4)10-9-17(2)3/h5-8,14,16H,9-11,15H2,1-4H3. The number of hydrogen-bond donors (Lipinski definition) is 2. The number of hydrogen-bond acceptors (Lipinski definition) is 4. The van der Waals surface area contributed by atoms with Gasteiger partial charge in [-0.05, 0) is 38.8 Å². The average molecular weight is 250 g/mol. The van der Waals surface area contributed by atoms with E-state index in [1.165, 1.54) is 11.3 Å². The third-order valence-corrected chi connectivity index (χ3v) is 3.20. The van der Waals surface area contributed by atoms with Gasteiger partial charge in [-0.1, -0.05) is 12.1 Å². The summed E-state index contributed by atoms with van der Waals surface area (Å²) in [5, 5.41) is 3.21. The molecule has 0 aliphatic carbocycles. The summed E-state index contributed by atoms with van der Waals surface area (Å²) in [5.74, 6) is 0. The maximum absolute atomic E-state index is 5.72. The van der Waals surface area contributed by atoms with Crippen molar-refractivity contribution in [2.45, 2.75) is 6.04 Å². The first-order chi connectivity index (χ1) is 8.58. The van der Waals surface area contributed by atoms with Gasteiger partial charge in [-0.25, -0.2) is 0 Å². The lowest BCUT2D eigenvalue weighted by atomic mass is 10.1. The van der Waals surface area contributed by atoms with Gasteiger partial charge in [-0.3, -0.25) is 0 Å². The van der Waals surface area contributed by atoms with Gasteiger partial charge in [-0.15, -0.1) is 0 Å². The molecule has 4 nitrogen and oxygen atoms in total. The van der Waals surface area contributed by atoms with Crippen molar-refractivity contribution in [1.29, 1.82) is 0 Å². The first kappa shape index (κ1) is 15.0. The molecule has 1 aromatic carbocycles. The Balaban J connectivity index is 2.64. The number of nitrogens with two attached hydrogens (primary N) is 1. The molecule has 1 atom stereocenters. The van der Waals surface area contributed by atoms with E-state index in [-0.39, 0.29) is 6.04 Å². The molecular weight excluding hydrogens is 224 g/mol. The predicted molar refractivity (Wildman–Crippen MR) is 79.1 cm³/mol. The minimum Gasteiger partial charge on any atom is -0.373 e. The van der Waals surface area contributed by atoms with E-state index >= 15 is 0 Å². The Bertz CT molecular complexity index is 330. The highest BCUT2D eigenvalue weighted by molar-refractivity contribution is 5.47. The second kappa shape index (κ2) is 7.36. The number of benzene rings is 1. The zero-order valence-corrected chi connectivity index (χ0v) is 12.0. The van der Waals surface area contributed by atoms with E-state index in [1.54, 1.807) is 0 Å². The summed E-state index contributed by atoms with van der Waals surface area (Å²) in [7, 11) is 8.25. The van der Waals surface area contributed by atoms with Crippen LogP contribution in [0.25, 0.3) is 0 Å². The molecule has 0 aliphatic heterocycles.